The number of aromatic amines is 1. The lowest BCUT2D eigenvalue weighted by Gasteiger charge is -2.21. The fourth-order valence-electron chi connectivity index (χ4n) is 2.16. The summed E-state index contributed by atoms with van der Waals surface area (Å²) in [7, 11) is 0. The van der Waals surface area contributed by atoms with E-state index in [4.69, 9.17) is 4.52 Å². The van der Waals surface area contributed by atoms with Gasteiger partial charge in [-0.1, -0.05) is 17.3 Å². The molecular formula is C11H11N5O3. The summed E-state index contributed by atoms with van der Waals surface area (Å²) in [5.41, 5.74) is 0. The van der Waals surface area contributed by atoms with E-state index in [9.17, 15) is 9.90 Å². The highest BCUT2D eigenvalue weighted by molar-refractivity contribution is 5.71. The third-order valence-electron chi connectivity index (χ3n) is 3.14. The average molecular weight is 261 g/mol. The minimum absolute atomic E-state index is 0.284. The zero-order valence-corrected chi connectivity index (χ0v) is 9.85. The van der Waals surface area contributed by atoms with Crippen molar-refractivity contribution in [2.24, 2.45) is 5.92 Å². The Morgan fingerprint density at radius 2 is 2.26 bits per heavy atom. The number of carboxylic acid groups (broad SMARTS) is 1. The lowest BCUT2D eigenvalue weighted by molar-refractivity contribution is -0.142. The number of aromatic nitrogens is 5. The predicted octanol–water partition coefficient (Wildman–Crippen LogP) is 0.989. The van der Waals surface area contributed by atoms with Gasteiger partial charge in [-0.15, -0.1) is 0 Å². The normalized spacial score (nSPS) is 22.5. The summed E-state index contributed by atoms with van der Waals surface area (Å²) >= 11 is 0. The molecule has 2 heterocycles. The fraction of sp³-hybridized carbons (Fsp3) is 0.364. The van der Waals surface area contributed by atoms with Crippen LogP contribution < -0.4 is 0 Å². The van der Waals surface area contributed by atoms with Gasteiger partial charge in [0, 0.05) is 0 Å². The first kappa shape index (κ1) is 11.6. The van der Waals surface area contributed by atoms with Gasteiger partial charge in [-0.3, -0.25) is 9.89 Å². The molecule has 2 aromatic heterocycles. The summed E-state index contributed by atoms with van der Waals surface area (Å²) < 4.78 is 5.16. The van der Waals surface area contributed by atoms with Gasteiger partial charge in [0.05, 0.1) is 11.8 Å². The second-order valence-corrected chi connectivity index (χ2v) is 4.28. The number of carbonyl (C=O) groups is 1. The Labute approximate surface area is 107 Å². The highest BCUT2D eigenvalue weighted by atomic mass is 16.5. The van der Waals surface area contributed by atoms with Crippen molar-refractivity contribution >= 4 is 5.97 Å². The van der Waals surface area contributed by atoms with Crippen molar-refractivity contribution in [2.45, 2.75) is 18.8 Å². The molecule has 1 aliphatic rings. The van der Waals surface area contributed by atoms with E-state index in [2.05, 4.69) is 25.3 Å². The zero-order chi connectivity index (χ0) is 13.2. The zero-order valence-electron chi connectivity index (χ0n) is 9.85. The van der Waals surface area contributed by atoms with Gasteiger partial charge in [-0.05, 0) is 12.8 Å². The van der Waals surface area contributed by atoms with Crippen LogP contribution in [0, 0.1) is 5.92 Å². The molecule has 0 amide bonds. The summed E-state index contributed by atoms with van der Waals surface area (Å²) in [4.78, 5) is 19.3. The second-order valence-electron chi connectivity index (χ2n) is 4.28. The Bertz CT molecular complexity index is 604. The van der Waals surface area contributed by atoms with Gasteiger partial charge < -0.3 is 9.63 Å². The highest BCUT2D eigenvalue weighted by Gasteiger charge is 2.34. The molecule has 0 spiro atoms. The minimum atomic E-state index is -0.853. The third-order valence-corrected chi connectivity index (χ3v) is 3.14. The van der Waals surface area contributed by atoms with Crippen molar-refractivity contribution in [1.82, 2.24) is 25.3 Å². The Morgan fingerprint density at radius 3 is 3.00 bits per heavy atom. The summed E-state index contributed by atoms with van der Waals surface area (Å²) in [6.07, 6.45) is 6.19. The molecule has 98 valence electrons. The van der Waals surface area contributed by atoms with E-state index in [1.807, 2.05) is 12.2 Å². The number of allylic oxidation sites excluding steroid dienone is 2. The van der Waals surface area contributed by atoms with Crippen molar-refractivity contribution in [1.29, 1.82) is 0 Å². The maximum Gasteiger partial charge on any atom is 0.307 e. The van der Waals surface area contributed by atoms with Gasteiger partial charge >= 0.3 is 5.97 Å². The summed E-state index contributed by atoms with van der Waals surface area (Å²) in [6.45, 7) is 0. The molecule has 0 saturated carbocycles. The topological polar surface area (TPSA) is 118 Å². The van der Waals surface area contributed by atoms with Gasteiger partial charge in [0.2, 0.25) is 11.7 Å². The molecule has 0 fully saturated rings. The van der Waals surface area contributed by atoms with Crippen LogP contribution >= 0.6 is 0 Å². The molecule has 2 N–H and O–H groups in total. The van der Waals surface area contributed by atoms with Gasteiger partial charge in [0.25, 0.3) is 0 Å². The second kappa shape index (κ2) is 4.63. The van der Waals surface area contributed by atoms with E-state index in [1.54, 1.807) is 0 Å². The highest BCUT2D eigenvalue weighted by Crippen LogP contribution is 2.34. The Kier molecular flexibility index (Phi) is 2.82. The molecule has 2 aromatic rings. The average Bonchev–Trinajstić information content (AvgIpc) is 3.09. The van der Waals surface area contributed by atoms with E-state index in [-0.39, 0.29) is 11.7 Å². The molecule has 8 nitrogen and oxygen atoms in total. The summed E-state index contributed by atoms with van der Waals surface area (Å²) in [5.74, 6) is -0.684. The van der Waals surface area contributed by atoms with Gasteiger partial charge in [-0.2, -0.15) is 10.1 Å². The largest absolute Gasteiger partial charge is 0.481 e. The number of rotatable bonds is 3. The molecule has 19 heavy (non-hydrogen) atoms. The fourth-order valence-corrected chi connectivity index (χ4v) is 2.16. The summed E-state index contributed by atoms with van der Waals surface area (Å²) in [5, 5.41) is 19.3. The quantitative estimate of drug-likeness (QED) is 0.791. The van der Waals surface area contributed by atoms with Crippen molar-refractivity contribution in [3.63, 3.8) is 0 Å². The van der Waals surface area contributed by atoms with Crippen LogP contribution in [0.2, 0.25) is 0 Å². The Hall–Kier alpha value is -2.51. The number of aliphatic carboxylic acids is 1. The van der Waals surface area contributed by atoms with Crippen LogP contribution in [0.3, 0.4) is 0 Å². The Morgan fingerprint density at radius 1 is 1.42 bits per heavy atom. The van der Waals surface area contributed by atoms with Crippen molar-refractivity contribution in [3.05, 3.63) is 24.4 Å². The number of nitrogens with zero attached hydrogens (tertiary/aromatic N) is 4. The Balaban J connectivity index is 1.89. The lowest BCUT2D eigenvalue weighted by atomic mass is 9.83. The first-order valence-electron chi connectivity index (χ1n) is 5.83. The van der Waals surface area contributed by atoms with Crippen LogP contribution in [0.5, 0.6) is 0 Å². The molecule has 0 saturated heterocycles. The van der Waals surface area contributed by atoms with E-state index < -0.39 is 11.9 Å². The molecule has 0 radical (unpaired) electrons. The third kappa shape index (κ3) is 2.12. The number of H-pyrrole nitrogens is 1. The van der Waals surface area contributed by atoms with E-state index >= 15 is 0 Å². The molecular weight excluding hydrogens is 250 g/mol. The van der Waals surface area contributed by atoms with E-state index in [0.29, 0.717) is 24.6 Å². The minimum Gasteiger partial charge on any atom is -0.481 e. The smallest absolute Gasteiger partial charge is 0.307 e. The van der Waals surface area contributed by atoms with E-state index in [0.717, 1.165) is 0 Å². The number of carboxylic acids is 1. The van der Waals surface area contributed by atoms with Crippen molar-refractivity contribution < 1.29 is 14.4 Å². The molecule has 2 atom stereocenters. The molecule has 1 aliphatic carbocycles. The first-order chi connectivity index (χ1) is 9.25. The first-order valence-corrected chi connectivity index (χ1v) is 5.83. The van der Waals surface area contributed by atoms with Gasteiger partial charge in [-0.25, -0.2) is 4.98 Å². The molecule has 0 bridgehead atoms. The standard InChI is InChI=1S/C11H11N5O3/c17-11(18)7-4-2-1-3-6(7)10-14-9(16-19-10)8-12-5-13-15-8/h1-2,5-7H,3-4H2,(H,17,18)(H,12,13,15)/t6-,7+/m1/s1. The van der Waals surface area contributed by atoms with Crippen LogP contribution in [0.15, 0.2) is 23.0 Å². The maximum atomic E-state index is 11.2. The molecule has 8 heteroatoms. The molecule has 0 aromatic carbocycles. The predicted molar refractivity (Wildman–Crippen MR) is 61.9 cm³/mol. The number of hydrogen-bond acceptors (Lipinski definition) is 6. The number of nitrogens with one attached hydrogen (secondary N) is 1. The molecule has 0 aliphatic heterocycles. The van der Waals surface area contributed by atoms with Crippen molar-refractivity contribution in [3.8, 4) is 11.6 Å². The van der Waals surface area contributed by atoms with Crippen LogP contribution in [0.1, 0.15) is 24.7 Å². The van der Waals surface area contributed by atoms with Crippen LogP contribution in [-0.4, -0.2) is 36.4 Å². The van der Waals surface area contributed by atoms with Crippen LogP contribution in [0.4, 0.5) is 0 Å². The van der Waals surface area contributed by atoms with Gasteiger partial charge in [0.15, 0.2) is 5.82 Å². The lowest BCUT2D eigenvalue weighted by Crippen LogP contribution is -2.23. The van der Waals surface area contributed by atoms with Crippen LogP contribution in [0.25, 0.3) is 11.6 Å². The number of hydrogen-bond donors (Lipinski definition) is 2. The molecule has 3 rings (SSSR count). The van der Waals surface area contributed by atoms with Crippen LogP contribution in [-0.2, 0) is 4.79 Å². The van der Waals surface area contributed by atoms with Crippen molar-refractivity contribution in [2.75, 3.05) is 0 Å². The monoisotopic (exact) mass is 261 g/mol. The van der Waals surface area contributed by atoms with Gasteiger partial charge in [0.1, 0.15) is 6.33 Å². The SMILES string of the molecule is O=C(O)[C@H]1CC=CC[C@H]1c1nc(-c2ncn[nH]2)no1. The van der Waals surface area contributed by atoms with E-state index in [1.165, 1.54) is 6.33 Å². The molecule has 0 unspecified atom stereocenters. The maximum absolute atomic E-state index is 11.2. The summed E-state index contributed by atoms with van der Waals surface area (Å²) in [6, 6.07) is 0.